The Balaban J connectivity index is 2.18. The summed E-state index contributed by atoms with van der Waals surface area (Å²) in [6.07, 6.45) is 1.48. The molecule has 1 aromatic carbocycles. The van der Waals surface area contributed by atoms with Gasteiger partial charge in [0.25, 0.3) is 5.91 Å². The van der Waals surface area contributed by atoms with Gasteiger partial charge >= 0.3 is 0 Å². The first-order chi connectivity index (χ1) is 9.10. The number of nitrogen functional groups attached to an aromatic ring is 1. The lowest BCUT2D eigenvalue weighted by atomic mass is 10.1. The lowest BCUT2D eigenvalue weighted by molar-refractivity contribution is 0.102. The van der Waals surface area contributed by atoms with E-state index in [9.17, 15) is 4.79 Å². The summed E-state index contributed by atoms with van der Waals surface area (Å²) < 4.78 is 0. The summed E-state index contributed by atoms with van der Waals surface area (Å²) in [5.74, 6) is 5.55. The number of hydrazine groups is 1. The van der Waals surface area contributed by atoms with Gasteiger partial charge in [0.2, 0.25) is 0 Å². The van der Waals surface area contributed by atoms with Gasteiger partial charge in [0.15, 0.2) is 0 Å². The molecule has 0 unspecified atom stereocenters. The van der Waals surface area contributed by atoms with Gasteiger partial charge in [-0.05, 0) is 43.2 Å². The summed E-state index contributed by atoms with van der Waals surface area (Å²) in [4.78, 5) is 16.1. The number of carbonyl (C=O) groups excluding carboxylic acids is 1. The van der Waals surface area contributed by atoms with Crippen molar-refractivity contribution in [3.8, 4) is 0 Å². The topological polar surface area (TPSA) is 80.0 Å². The van der Waals surface area contributed by atoms with Crippen LogP contribution >= 0.6 is 0 Å². The van der Waals surface area contributed by atoms with Crippen molar-refractivity contribution in [2.45, 2.75) is 13.8 Å². The summed E-state index contributed by atoms with van der Waals surface area (Å²) >= 11 is 0. The Bertz CT molecular complexity index is 593. The molecule has 4 N–H and O–H groups in total. The van der Waals surface area contributed by atoms with Crippen LogP contribution in [0.2, 0.25) is 0 Å². The Labute approximate surface area is 111 Å². The van der Waals surface area contributed by atoms with E-state index in [1.807, 2.05) is 32.0 Å². The van der Waals surface area contributed by atoms with E-state index in [4.69, 9.17) is 5.84 Å². The molecule has 19 heavy (non-hydrogen) atoms. The number of carbonyl (C=O) groups is 1. The molecular weight excluding hydrogens is 240 g/mol. The molecule has 2 rings (SSSR count). The van der Waals surface area contributed by atoms with Crippen molar-refractivity contribution in [1.82, 2.24) is 4.98 Å². The minimum absolute atomic E-state index is 0.190. The molecule has 2 aromatic rings. The van der Waals surface area contributed by atoms with Crippen molar-refractivity contribution >= 4 is 17.4 Å². The van der Waals surface area contributed by atoms with Crippen LogP contribution in [-0.2, 0) is 0 Å². The van der Waals surface area contributed by atoms with Crippen LogP contribution in [0.4, 0.5) is 11.5 Å². The van der Waals surface area contributed by atoms with Crippen molar-refractivity contribution in [1.29, 1.82) is 0 Å². The molecule has 0 aliphatic heterocycles. The van der Waals surface area contributed by atoms with Gasteiger partial charge < -0.3 is 10.7 Å². The molecule has 0 spiro atoms. The van der Waals surface area contributed by atoms with Gasteiger partial charge in [-0.1, -0.05) is 12.1 Å². The first-order valence-electron chi connectivity index (χ1n) is 5.91. The third-order valence-electron chi connectivity index (χ3n) is 2.81. The zero-order valence-electron chi connectivity index (χ0n) is 10.9. The zero-order chi connectivity index (χ0) is 13.8. The molecule has 5 heteroatoms. The van der Waals surface area contributed by atoms with Gasteiger partial charge in [0.1, 0.15) is 5.82 Å². The SMILES string of the molecule is Cc1ccc(C)c(NC(=O)c2ccc(NN)nc2)c1. The van der Waals surface area contributed by atoms with E-state index in [2.05, 4.69) is 15.7 Å². The second-order valence-corrected chi connectivity index (χ2v) is 4.35. The lowest BCUT2D eigenvalue weighted by Crippen LogP contribution is -2.14. The number of pyridine rings is 1. The normalized spacial score (nSPS) is 10.1. The quantitative estimate of drug-likeness (QED) is 0.581. The molecule has 0 atom stereocenters. The average Bonchev–Trinajstić information content (AvgIpc) is 2.43. The molecule has 0 aliphatic carbocycles. The number of aryl methyl sites for hydroxylation is 2. The first kappa shape index (κ1) is 13.0. The summed E-state index contributed by atoms with van der Waals surface area (Å²) in [7, 11) is 0. The highest BCUT2D eigenvalue weighted by molar-refractivity contribution is 6.04. The number of benzene rings is 1. The van der Waals surface area contributed by atoms with Gasteiger partial charge in [-0.15, -0.1) is 0 Å². The summed E-state index contributed by atoms with van der Waals surface area (Å²) in [5, 5.41) is 2.87. The van der Waals surface area contributed by atoms with Crippen molar-refractivity contribution in [2.75, 3.05) is 10.7 Å². The maximum atomic E-state index is 12.1. The van der Waals surface area contributed by atoms with Crippen LogP contribution in [-0.4, -0.2) is 10.9 Å². The van der Waals surface area contributed by atoms with Crippen molar-refractivity contribution in [3.63, 3.8) is 0 Å². The third kappa shape index (κ3) is 3.08. The Morgan fingerprint density at radius 3 is 2.63 bits per heavy atom. The second kappa shape index (κ2) is 5.49. The Hall–Kier alpha value is -2.40. The fourth-order valence-electron chi connectivity index (χ4n) is 1.68. The second-order valence-electron chi connectivity index (χ2n) is 4.35. The molecule has 1 heterocycles. The van der Waals surface area contributed by atoms with E-state index < -0.39 is 0 Å². The minimum atomic E-state index is -0.190. The number of nitrogens with zero attached hydrogens (tertiary/aromatic N) is 1. The number of aromatic nitrogens is 1. The number of anilines is 2. The van der Waals surface area contributed by atoms with Gasteiger partial charge in [0.05, 0.1) is 5.56 Å². The minimum Gasteiger partial charge on any atom is -0.322 e. The van der Waals surface area contributed by atoms with Gasteiger partial charge in [-0.2, -0.15) is 0 Å². The summed E-state index contributed by atoms with van der Waals surface area (Å²) in [6, 6.07) is 9.25. The highest BCUT2D eigenvalue weighted by Crippen LogP contribution is 2.17. The van der Waals surface area contributed by atoms with E-state index in [0.717, 1.165) is 16.8 Å². The van der Waals surface area contributed by atoms with Crippen molar-refractivity contribution in [2.24, 2.45) is 5.84 Å². The zero-order valence-corrected chi connectivity index (χ0v) is 10.9. The fourth-order valence-corrected chi connectivity index (χ4v) is 1.68. The van der Waals surface area contributed by atoms with Gasteiger partial charge in [0, 0.05) is 11.9 Å². The Kier molecular flexibility index (Phi) is 3.77. The van der Waals surface area contributed by atoms with E-state index in [1.165, 1.54) is 6.20 Å². The molecule has 0 radical (unpaired) electrons. The van der Waals surface area contributed by atoms with E-state index >= 15 is 0 Å². The van der Waals surface area contributed by atoms with E-state index in [0.29, 0.717) is 11.4 Å². The van der Waals surface area contributed by atoms with Gasteiger partial charge in [-0.25, -0.2) is 10.8 Å². The highest BCUT2D eigenvalue weighted by Gasteiger charge is 2.08. The average molecular weight is 256 g/mol. The monoisotopic (exact) mass is 256 g/mol. The van der Waals surface area contributed by atoms with Crippen LogP contribution in [0.15, 0.2) is 36.5 Å². The van der Waals surface area contributed by atoms with Crippen LogP contribution in [0, 0.1) is 13.8 Å². The molecule has 98 valence electrons. The number of nitrogens with one attached hydrogen (secondary N) is 2. The van der Waals surface area contributed by atoms with Crippen LogP contribution in [0.1, 0.15) is 21.5 Å². The smallest absolute Gasteiger partial charge is 0.257 e. The van der Waals surface area contributed by atoms with E-state index in [-0.39, 0.29) is 5.91 Å². The van der Waals surface area contributed by atoms with Crippen LogP contribution < -0.4 is 16.6 Å². The third-order valence-corrected chi connectivity index (χ3v) is 2.81. The largest absolute Gasteiger partial charge is 0.322 e. The molecule has 5 nitrogen and oxygen atoms in total. The van der Waals surface area contributed by atoms with Crippen molar-refractivity contribution < 1.29 is 4.79 Å². The Morgan fingerprint density at radius 2 is 2.00 bits per heavy atom. The number of nitrogens with two attached hydrogens (primary N) is 1. The van der Waals surface area contributed by atoms with Crippen LogP contribution in [0.5, 0.6) is 0 Å². The number of hydrogen-bond acceptors (Lipinski definition) is 4. The van der Waals surface area contributed by atoms with Crippen LogP contribution in [0.3, 0.4) is 0 Å². The Morgan fingerprint density at radius 1 is 1.21 bits per heavy atom. The maximum absolute atomic E-state index is 12.1. The lowest BCUT2D eigenvalue weighted by Gasteiger charge is -2.09. The number of hydrogen-bond donors (Lipinski definition) is 3. The fraction of sp³-hybridized carbons (Fsp3) is 0.143. The molecular formula is C14H16N4O. The summed E-state index contributed by atoms with van der Waals surface area (Å²) in [6.45, 7) is 3.94. The predicted octanol–water partition coefficient (Wildman–Crippen LogP) is 2.24. The number of rotatable bonds is 3. The van der Waals surface area contributed by atoms with Crippen LogP contribution in [0.25, 0.3) is 0 Å². The highest BCUT2D eigenvalue weighted by atomic mass is 16.1. The van der Waals surface area contributed by atoms with E-state index in [1.54, 1.807) is 12.1 Å². The molecule has 0 saturated carbocycles. The first-order valence-corrected chi connectivity index (χ1v) is 5.91. The molecule has 0 saturated heterocycles. The predicted molar refractivity (Wildman–Crippen MR) is 75.9 cm³/mol. The molecule has 0 aliphatic rings. The number of amides is 1. The molecule has 1 aromatic heterocycles. The molecule has 1 amide bonds. The van der Waals surface area contributed by atoms with Gasteiger partial charge in [-0.3, -0.25) is 4.79 Å². The molecule has 0 fully saturated rings. The maximum Gasteiger partial charge on any atom is 0.257 e. The molecule has 0 bridgehead atoms. The summed E-state index contributed by atoms with van der Waals surface area (Å²) in [5.41, 5.74) is 5.83. The van der Waals surface area contributed by atoms with Crippen molar-refractivity contribution in [3.05, 3.63) is 53.2 Å². The standard InChI is InChI=1S/C14H16N4O/c1-9-3-4-10(2)12(7-9)17-14(19)11-5-6-13(18-15)16-8-11/h3-8H,15H2,1-2H3,(H,16,18)(H,17,19).